The average Bonchev–Trinajstić information content (AvgIpc) is 3.82. The first-order valence-electron chi connectivity index (χ1n) is 18.4. The number of aliphatic hydroxyl groups is 1. The molecule has 2 aromatic carbocycles. The van der Waals surface area contributed by atoms with Gasteiger partial charge in [0.2, 0.25) is 11.7 Å². The van der Waals surface area contributed by atoms with E-state index in [0.717, 1.165) is 49.3 Å². The number of Topliss-reactive ketones (excluding diaryl/α,β-unsaturated/α-hetero) is 1. The second kappa shape index (κ2) is 14.7. The van der Waals surface area contributed by atoms with E-state index in [1.54, 1.807) is 18.3 Å². The highest BCUT2D eigenvalue weighted by atomic mass is 16.5. The van der Waals surface area contributed by atoms with Crippen LogP contribution in [-0.4, -0.2) is 91.5 Å². The van der Waals surface area contributed by atoms with Gasteiger partial charge in [-0.25, -0.2) is 9.67 Å². The van der Waals surface area contributed by atoms with Crippen molar-refractivity contribution in [3.63, 3.8) is 0 Å². The Kier molecular flexibility index (Phi) is 10.0. The van der Waals surface area contributed by atoms with Crippen LogP contribution in [-0.2, 0) is 29.5 Å². The maximum atomic E-state index is 14.7. The molecule has 0 spiro atoms. The van der Waals surface area contributed by atoms with Gasteiger partial charge in [0.05, 0.1) is 25.5 Å². The number of carbonyl (C=O) groups excluding carboxylic acids is 5. The average molecular weight is 712 g/mol. The van der Waals surface area contributed by atoms with Crippen molar-refractivity contribution < 1.29 is 33.8 Å². The predicted octanol–water partition coefficient (Wildman–Crippen LogP) is 2.92. The molecule has 0 radical (unpaired) electrons. The standard InChI is InChI=1S/C38H45N7O7/c39-33(47)32(46)37(15-7-2-8-16-37)41-35(49)30-19-28(45-21-31(42-43-45)38(51)22-52-23-38)20-44(30)36(50)29(17-24-9-3-1-4-10-24)40-34(48)27-14-13-25-11-5-6-12-26(25)18-27/h5-6,11-14,18,21,24,28,30,51H,1-4,7-10,15-17,19-20,22-23H2,(H2,39,47)(H,41,49)/b40-29+/t28-,30-/m0/s1. The summed E-state index contributed by atoms with van der Waals surface area (Å²) in [5.74, 6) is -3.53. The lowest BCUT2D eigenvalue weighted by Crippen LogP contribution is -2.62. The predicted molar refractivity (Wildman–Crippen MR) is 189 cm³/mol. The Morgan fingerprint density at radius 3 is 2.37 bits per heavy atom. The summed E-state index contributed by atoms with van der Waals surface area (Å²) in [6.45, 7) is 0.182. The number of likely N-dealkylation sites (tertiary alicyclic amines) is 1. The first kappa shape index (κ1) is 35.6. The summed E-state index contributed by atoms with van der Waals surface area (Å²) in [5.41, 5.74) is 3.46. The Bertz CT molecular complexity index is 1910. The van der Waals surface area contributed by atoms with Gasteiger partial charge in [-0.1, -0.05) is 86.9 Å². The first-order chi connectivity index (χ1) is 25.0. The Morgan fingerprint density at radius 1 is 0.962 bits per heavy atom. The van der Waals surface area contributed by atoms with Crippen LogP contribution in [0.1, 0.15) is 99.1 Å². The molecule has 7 rings (SSSR count). The van der Waals surface area contributed by atoms with Gasteiger partial charge in [-0.15, -0.1) is 5.10 Å². The number of amides is 4. The van der Waals surface area contributed by atoms with E-state index in [1.165, 1.54) is 9.58 Å². The summed E-state index contributed by atoms with van der Waals surface area (Å²) < 4.78 is 6.71. The van der Waals surface area contributed by atoms with Gasteiger partial charge in [0, 0.05) is 18.5 Å². The van der Waals surface area contributed by atoms with E-state index in [2.05, 4.69) is 20.6 Å². The van der Waals surface area contributed by atoms with Crippen molar-refractivity contribution in [2.45, 2.75) is 100 Å². The van der Waals surface area contributed by atoms with E-state index in [9.17, 15) is 29.1 Å². The number of nitrogens with zero attached hydrogens (tertiary/aromatic N) is 5. The highest BCUT2D eigenvalue weighted by Crippen LogP contribution is 2.35. The highest BCUT2D eigenvalue weighted by molar-refractivity contribution is 6.41. The van der Waals surface area contributed by atoms with E-state index < -0.39 is 52.6 Å². The molecule has 2 aliphatic carbocycles. The third-order valence-electron chi connectivity index (χ3n) is 11.3. The number of rotatable bonds is 10. The number of hydrogen-bond acceptors (Lipinski definition) is 9. The molecular formula is C38H45N7O7. The number of ether oxygens (including phenoxy) is 1. The van der Waals surface area contributed by atoms with E-state index >= 15 is 0 Å². The quantitative estimate of drug-likeness (QED) is 0.209. The van der Waals surface area contributed by atoms with Gasteiger partial charge < -0.3 is 25.8 Å². The summed E-state index contributed by atoms with van der Waals surface area (Å²) in [5, 5.41) is 23.9. The maximum absolute atomic E-state index is 14.7. The molecule has 14 nitrogen and oxygen atoms in total. The fourth-order valence-corrected chi connectivity index (χ4v) is 8.23. The molecule has 4 N–H and O–H groups in total. The summed E-state index contributed by atoms with van der Waals surface area (Å²) in [6.07, 6.45) is 9.51. The largest absolute Gasteiger partial charge is 0.379 e. The van der Waals surface area contributed by atoms with Crippen LogP contribution >= 0.6 is 0 Å². The molecule has 14 heteroatoms. The molecule has 52 heavy (non-hydrogen) atoms. The third-order valence-corrected chi connectivity index (χ3v) is 11.3. The zero-order valence-corrected chi connectivity index (χ0v) is 29.2. The van der Waals surface area contributed by atoms with Crippen molar-refractivity contribution in [3.05, 3.63) is 59.9 Å². The van der Waals surface area contributed by atoms with Crippen LogP contribution < -0.4 is 11.1 Å². The van der Waals surface area contributed by atoms with Crippen molar-refractivity contribution >= 4 is 45.9 Å². The minimum absolute atomic E-state index is 0.0270. The van der Waals surface area contributed by atoms with Crippen molar-refractivity contribution in [1.29, 1.82) is 0 Å². The van der Waals surface area contributed by atoms with Gasteiger partial charge in [0.25, 0.3) is 17.7 Å². The molecule has 3 aromatic rings. The molecule has 2 aliphatic heterocycles. The van der Waals surface area contributed by atoms with Gasteiger partial charge in [-0.3, -0.25) is 24.0 Å². The molecule has 3 heterocycles. The first-order valence-corrected chi connectivity index (χ1v) is 18.4. The van der Waals surface area contributed by atoms with Crippen molar-refractivity contribution in [3.8, 4) is 0 Å². The van der Waals surface area contributed by atoms with Gasteiger partial charge >= 0.3 is 0 Å². The molecule has 1 aromatic heterocycles. The summed E-state index contributed by atoms with van der Waals surface area (Å²) in [4.78, 5) is 74.1. The number of primary amides is 1. The van der Waals surface area contributed by atoms with E-state index in [0.29, 0.717) is 24.1 Å². The van der Waals surface area contributed by atoms with Gasteiger partial charge in [-0.2, -0.15) is 0 Å². The van der Waals surface area contributed by atoms with E-state index in [-0.39, 0.29) is 57.1 Å². The van der Waals surface area contributed by atoms with Gasteiger partial charge in [-0.05, 0) is 48.1 Å². The molecule has 4 aliphatic rings. The second-order valence-electron chi connectivity index (χ2n) is 14.9. The molecule has 4 amide bonds. The molecule has 4 fully saturated rings. The fraction of sp³-hybridized carbons (Fsp3) is 0.526. The lowest BCUT2D eigenvalue weighted by atomic mass is 9.78. The number of nitrogens with two attached hydrogens (primary N) is 1. The number of aromatic nitrogens is 3. The van der Waals surface area contributed by atoms with Crippen LogP contribution in [0.2, 0.25) is 0 Å². The van der Waals surface area contributed by atoms with Gasteiger partial charge in [0.15, 0.2) is 5.60 Å². The Hall–Kier alpha value is -4.82. The van der Waals surface area contributed by atoms with Crippen LogP contribution in [0.25, 0.3) is 10.8 Å². The number of fused-ring (bicyclic) bond motifs is 1. The number of ketones is 1. The maximum Gasteiger partial charge on any atom is 0.287 e. The lowest BCUT2D eigenvalue weighted by molar-refractivity contribution is -0.186. The second-order valence-corrected chi connectivity index (χ2v) is 14.9. The van der Waals surface area contributed by atoms with E-state index in [4.69, 9.17) is 10.5 Å². The zero-order chi connectivity index (χ0) is 36.5. The highest BCUT2D eigenvalue weighted by Gasteiger charge is 2.49. The van der Waals surface area contributed by atoms with Crippen molar-refractivity contribution in [2.75, 3.05) is 19.8 Å². The van der Waals surface area contributed by atoms with Crippen molar-refractivity contribution in [1.82, 2.24) is 25.2 Å². The molecule has 2 atom stereocenters. The van der Waals surface area contributed by atoms with Crippen LogP contribution in [0.15, 0.2) is 53.7 Å². The molecule has 0 unspecified atom stereocenters. The third kappa shape index (κ3) is 7.13. The minimum Gasteiger partial charge on any atom is -0.379 e. The summed E-state index contributed by atoms with van der Waals surface area (Å²) in [7, 11) is 0. The van der Waals surface area contributed by atoms with Crippen LogP contribution in [0.5, 0.6) is 0 Å². The zero-order valence-electron chi connectivity index (χ0n) is 29.2. The summed E-state index contributed by atoms with van der Waals surface area (Å²) >= 11 is 0. The fourth-order valence-electron chi connectivity index (χ4n) is 8.23. The normalized spacial score (nSPS) is 23.2. The Balaban J connectivity index is 1.22. The molecule has 2 saturated carbocycles. The Morgan fingerprint density at radius 2 is 1.67 bits per heavy atom. The summed E-state index contributed by atoms with van der Waals surface area (Å²) in [6, 6.07) is 11.3. The number of nitrogens with one attached hydrogen (secondary N) is 1. The Labute approximate surface area is 301 Å². The lowest BCUT2D eigenvalue weighted by Gasteiger charge is -2.37. The topological polar surface area (TPSA) is 199 Å². The minimum atomic E-state index is -1.47. The van der Waals surface area contributed by atoms with Crippen LogP contribution in [0.4, 0.5) is 0 Å². The molecule has 0 bridgehead atoms. The van der Waals surface area contributed by atoms with Gasteiger partial charge in [0.1, 0.15) is 23.0 Å². The smallest absolute Gasteiger partial charge is 0.287 e. The van der Waals surface area contributed by atoms with Crippen LogP contribution in [0.3, 0.4) is 0 Å². The van der Waals surface area contributed by atoms with E-state index in [1.807, 2.05) is 30.3 Å². The monoisotopic (exact) mass is 711 g/mol. The van der Waals surface area contributed by atoms with Crippen LogP contribution in [0, 0.1) is 5.92 Å². The van der Waals surface area contributed by atoms with Crippen molar-refractivity contribution in [2.24, 2.45) is 16.6 Å². The molecule has 2 saturated heterocycles. The molecular weight excluding hydrogens is 666 g/mol. The SMILES string of the molecule is NC(=O)C(=O)C1(NC(=O)[C@@H]2C[C@H](n3cc(C4(O)COC4)nn3)CN2C(=O)/C(CC2CCCCC2)=N/C(=O)c2ccc3ccccc3c2)CCCCC1. The molecule has 274 valence electrons. The number of carbonyl (C=O) groups is 5. The number of hydrogen-bond donors (Lipinski definition) is 3. The number of benzene rings is 2. The number of aliphatic imine (C=N–C) groups is 1.